The maximum Gasteiger partial charge on any atom is 0.333 e. The smallest absolute Gasteiger partial charge is 0.333 e. The lowest BCUT2D eigenvalue weighted by Crippen LogP contribution is -2.39. The minimum absolute atomic E-state index is 1.72. The van der Waals surface area contributed by atoms with E-state index in [0.717, 1.165) is 0 Å². The topological polar surface area (TPSA) is 158 Å². The molecule has 0 spiro atoms. The van der Waals surface area contributed by atoms with Crippen molar-refractivity contribution < 1.29 is 44.3 Å². The fraction of sp³-hybridized carbons (Fsp3) is 0.500. The molecule has 4 unspecified atom stereocenters. The van der Waals surface area contributed by atoms with Crippen molar-refractivity contribution in [1.82, 2.24) is 0 Å². The van der Waals surface area contributed by atoms with Gasteiger partial charge in [0.05, 0.1) is 0 Å². The molecule has 1 heterocycles. The fourth-order valence-electron chi connectivity index (χ4n) is 1.69. The molecule has 9 heteroatoms. The van der Waals surface area contributed by atoms with E-state index in [1.54, 1.807) is 0 Å². The first kappa shape index (κ1) is 12.9. The Morgan fingerprint density at radius 1 is 0.647 bits per heavy atom. The van der Waals surface area contributed by atoms with Crippen LogP contribution in [0.25, 0.3) is 0 Å². The Kier molecular flexibility index (Phi) is 3.32. The zero-order valence-electron chi connectivity index (χ0n) is 8.14. The number of ether oxygens (including phenoxy) is 1. The van der Waals surface area contributed by atoms with E-state index in [1.807, 2.05) is 0 Å². The molecule has 0 saturated carbocycles. The van der Waals surface area contributed by atoms with E-state index in [1.165, 1.54) is 0 Å². The second-order valence-electron chi connectivity index (χ2n) is 3.38. The summed E-state index contributed by atoms with van der Waals surface area (Å²) >= 11 is 0. The average molecular weight is 248 g/mol. The van der Waals surface area contributed by atoms with E-state index in [-0.39, 0.29) is 0 Å². The highest BCUT2D eigenvalue weighted by Gasteiger charge is 2.57. The molecule has 0 radical (unpaired) electrons. The lowest BCUT2D eigenvalue weighted by atomic mass is 9.87. The van der Waals surface area contributed by atoms with Gasteiger partial charge in [0.15, 0.2) is 12.2 Å². The van der Waals surface area contributed by atoms with Crippen LogP contribution in [0.15, 0.2) is 0 Å². The summed E-state index contributed by atoms with van der Waals surface area (Å²) in [6, 6.07) is 0. The molecule has 0 aromatic carbocycles. The number of rotatable bonds is 4. The van der Waals surface area contributed by atoms with Gasteiger partial charge in [0.2, 0.25) is 0 Å². The summed E-state index contributed by atoms with van der Waals surface area (Å²) in [5, 5.41) is 34.8. The number of hydrogen-bond acceptors (Lipinski definition) is 5. The summed E-state index contributed by atoms with van der Waals surface area (Å²) in [4.78, 5) is 43.0. The van der Waals surface area contributed by atoms with Gasteiger partial charge in [-0.25, -0.2) is 9.59 Å². The van der Waals surface area contributed by atoms with Gasteiger partial charge in [-0.15, -0.1) is 0 Å². The van der Waals surface area contributed by atoms with Crippen molar-refractivity contribution in [1.29, 1.82) is 0 Å². The van der Waals surface area contributed by atoms with Crippen molar-refractivity contribution in [3.63, 3.8) is 0 Å². The molecule has 4 atom stereocenters. The van der Waals surface area contributed by atoms with E-state index >= 15 is 0 Å². The first-order chi connectivity index (χ1) is 7.77. The van der Waals surface area contributed by atoms with E-state index in [2.05, 4.69) is 4.74 Å². The third-order valence-corrected chi connectivity index (χ3v) is 2.39. The molecule has 94 valence electrons. The largest absolute Gasteiger partial charge is 0.481 e. The van der Waals surface area contributed by atoms with Crippen LogP contribution in [0.2, 0.25) is 0 Å². The van der Waals surface area contributed by atoms with Crippen LogP contribution in [0.1, 0.15) is 0 Å². The molecule has 17 heavy (non-hydrogen) atoms. The Morgan fingerprint density at radius 3 is 1.12 bits per heavy atom. The van der Waals surface area contributed by atoms with Crippen molar-refractivity contribution in [2.24, 2.45) is 11.8 Å². The fourth-order valence-corrected chi connectivity index (χ4v) is 1.69. The normalized spacial score (nSPS) is 32.0. The Hall–Kier alpha value is -2.16. The summed E-state index contributed by atoms with van der Waals surface area (Å²) in [5.74, 6) is -10.8. The SMILES string of the molecule is O=C(O)C1OC(C(=O)O)C(C(=O)O)C1C(=O)O. The summed E-state index contributed by atoms with van der Waals surface area (Å²) < 4.78 is 4.47. The number of hydrogen-bond donors (Lipinski definition) is 4. The molecule has 0 aliphatic carbocycles. The molecule has 9 nitrogen and oxygen atoms in total. The predicted octanol–water partition coefficient (Wildman–Crippen LogP) is -1.68. The zero-order chi connectivity index (χ0) is 13.3. The summed E-state index contributed by atoms with van der Waals surface area (Å²) in [6.07, 6.45) is -3.98. The van der Waals surface area contributed by atoms with Gasteiger partial charge in [-0.1, -0.05) is 0 Å². The molecule has 1 saturated heterocycles. The van der Waals surface area contributed by atoms with Crippen LogP contribution in [0.5, 0.6) is 0 Å². The lowest BCUT2D eigenvalue weighted by Gasteiger charge is -2.13. The first-order valence-corrected chi connectivity index (χ1v) is 4.34. The molecular formula is C8H8O9. The molecular weight excluding hydrogens is 240 g/mol. The molecule has 0 bridgehead atoms. The van der Waals surface area contributed by atoms with Crippen LogP contribution in [-0.4, -0.2) is 56.5 Å². The van der Waals surface area contributed by atoms with Crippen molar-refractivity contribution >= 4 is 23.9 Å². The average Bonchev–Trinajstić information content (AvgIpc) is 2.56. The molecule has 4 N–H and O–H groups in total. The molecule has 1 fully saturated rings. The summed E-state index contributed by atoms with van der Waals surface area (Å²) in [5.41, 5.74) is 0. The Balaban J connectivity index is 3.17. The van der Waals surface area contributed by atoms with Crippen LogP contribution in [0.4, 0.5) is 0 Å². The van der Waals surface area contributed by atoms with Gasteiger partial charge in [0.1, 0.15) is 11.8 Å². The quantitative estimate of drug-likeness (QED) is 0.455. The van der Waals surface area contributed by atoms with Crippen LogP contribution < -0.4 is 0 Å². The molecule has 0 amide bonds. The highest BCUT2D eigenvalue weighted by Crippen LogP contribution is 2.33. The van der Waals surface area contributed by atoms with Gasteiger partial charge in [0, 0.05) is 0 Å². The van der Waals surface area contributed by atoms with E-state index in [4.69, 9.17) is 20.4 Å². The van der Waals surface area contributed by atoms with Gasteiger partial charge < -0.3 is 25.2 Å². The van der Waals surface area contributed by atoms with Crippen molar-refractivity contribution in [2.75, 3.05) is 0 Å². The Morgan fingerprint density at radius 2 is 0.941 bits per heavy atom. The molecule has 0 aromatic rings. The zero-order valence-corrected chi connectivity index (χ0v) is 8.14. The van der Waals surface area contributed by atoms with E-state index < -0.39 is 47.9 Å². The Labute approximate surface area is 93.2 Å². The minimum atomic E-state index is -1.99. The van der Waals surface area contributed by atoms with Gasteiger partial charge in [-0.05, 0) is 0 Å². The van der Waals surface area contributed by atoms with Crippen molar-refractivity contribution in [3.8, 4) is 0 Å². The standard InChI is InChI=1S/C8H8O9/c9-5(10)1-2(6(11)12)4(8(15)16)17-3(1)7(13)14/h1-4H,(H,9,10)(H,11,12)(H,13,14)(H,15,16). The van der Waals surface area contributed by atoms with Crippen LogP contribution in [0.3, 0.4) is 0 Å². The first-order valence-electron chi connectivity index (χ1n) is 4.34. The predicted molar refractivity (Wildman–Crippen MR) is 46.2 cm³/mol. The maximum atomic E-state index is 10.8. The van der Waals surface area contributed by atoms with Gasteiger partial charge in [-0.3, -0.25) is 9.59 Å². The third kappa shape index (κ3) is 2.18. The second-order valence-corrected chi connectivity index (χ2v) is 3.38. The second kappa shape index (κ2) is 4.37. The molecule has 1 aliphatic heterocycles. The van der Waals surface area contributed by atoms with E-state index in [0.29, 0.717) is 0 Å². The number of carbonyl (C=O) groups is 4. The minimum Gasteiger partial charge on any atom is -0.481 e. The van der Waals surface area contributed by atoms with Crippen LogP contribution >= 0.6 is 0 Å². The molecule has 1 aliphatic rings. The summed E-state index contributed by atoms with van der Waals surface area (Å²) in [7, 11) is 0. The van der Waals surface area contributed by atoms with Crippen molar-refractivity contribution in [2.45, 2.75) is 12.2 Å². The Bertz CT molecular complexity index is 350. The van der Waals surface area contributed by atoms with Crippen LogP contribution in [0, 0.1) is 11.8 Å². The lowest BCUT2D eigenvalue weighted by molar-refractivity contribution is -0.163. The number of carboxylic acid groups (broad SMARTS) is 4. The van der Waals surface area contributed by atoms with E-state index in [9.17, 15) is 19.2 Å². The monoisotopic (exact) mass is 248 g/mol. The third-order valence-electron chi connectivity index (χ3n) is 2.39. The van der Waals surface area contributed by atoms with Crippen LogP contribution in [-0.2, 0) is 23.9 Å². The molecule has 1 rings (SSSR count). The number of carboxylic acids is 4. The van der Waals surface area contributed by atoms with Crippen molar-refractivity contribution in [3.05, 3.63) is 0 Å². The highest BCUT2D eigenvalue weighted by atomic mass is 16.6. The van der Waals surface area contributed by atoms with Gasteiger partial charge >= 0.3 is 23.9 Å². The summed E-state index contributed by atoms with van der Waals surface area (Å²) in [6.45, 7) is 0. The highest BCUT2D eigenvalue weighted by molar-refractivity contribution is 5.92. The van der Waals surface area contributed by atoms with Gasteiger partial charge in [-0.2, -0.15) is 0 Å². The van der Waals surface area contributed by atoms with Gasteiger partial charge in [0.25, 0.3) is 0 Å². The number of aliphatic carboxylic acids is 4. The maximum absolute atomic E-state index is 10.8. The molecule has 0 aromatic heterocycles.